The van der Waals surface area contributed by atoms with E-state index in [0.717, 1.165) is 24.0 Å². The molecule has 10 heteroatoms. The summed E-state index contributed by atoms with van der Waals surface area (Å²) in [6.07, 6.45) is 4.11. The van der Waals surface area contributed by atoms with Crippen LogP contribution >= 0.6 is 0 Å². The van der Waals surface area contributed by atoms with Crippen molar-refractivity contribution >= 4 is 21.9 Å². The van der Waals surface area contributed by atoms with Crippen molar-refractivity contribution in [2.45, 2.75) is 63.3 Å². The van der Waals surface area contributed by atoms with Crippen molar-refractivity contribution in [2.24, 2.45) is 23.2 Å². The van der Waals surface area contributed by atoms with Crippen LogP contribution in [0.3, 0.4) is 0 Å². The number of halogens is 3. The lowest BCUT2D eigenvalue weighted by Crippen LogP contribution is -2.44. The molecule has 0 aromatic heterocycles. The van der Waals surface area contributed by atoms with E-state index in [9.17, 15) is 31.2 Å². The molecule has 2 saturated carbocycles. The van der Waals surface area contributed by atoms with Gasteiger partial charge in [0.25, 0.3) is 0 Å². The van der Waals surface area contributed by atoms with Gasteiger partial charge in [0.1, 0.15) is 11.5 Å². The Balaban J connectivity index is 1.59. The second-order valence-corrected chi connectivity index (χ2v) is 11.2. The SMILES string of the molecule is COC(=O)CCC1CC(=O)C2(C)CCC3c4ccc(OS(=O)(=O)C(F)(F)F)cc4CCC3C12. The van der Waals surface area contributed by atoms with E-state index in [-0.39, 0.29) is 47.6 Å². The molecule has 5 atom stereocenters. The van der Waals surface area contributed by atoms with Crippen LogP contribution in [0.15, 0.2) is 18.2 Å². The summed E-state index contributed by atoms with van der Waals surface area (Å²) < 4.78 is 69.8. The predicted molar refractivity (Wildman–Crippen MR) is 112 cm³/mol. The first kappa shape index (κ1) is 24.0. The number of hydrogen-bond donors (Lipinski definition) is 0. The van der Waals surface area contributed by atoms with Crippen LogP contribution < -0.4 is 4.18 Å². The monoisotopic (exact) mass is 488 g/mol. The van der Waals surface area contributed by atoms with Crippen molar-refractivity contribution < 1.29 is 40.1 Å². The van der Waals surface area contributed by atoms with Gasteiger partial charge in [0, 0.05) is 18.3 Å². The van der Waals surface area contributed by atoms with E-state index in [1.165, 1.54) is 19.2 Å². The molecule has 6 nitrogen and oxygen atoms in total. The summed E-state index contributed by atoms with van der Waals surface area (Å²) in [7, 11) is -4.38. The largest absolute Gasteiger partial charge is 0.534 e. The number of carbonyl (C=O) groups is 2. The molecule has 0 bridgehead atoms. The molecule has 0 amide bonds. The Morgan fingerprint density at radius 1 is 1.24 bits per heavy atom. The fourth-order valence-corrected chi connectivity index (χ4v) is 6.97. The Morgan fingerprint density at radius 3 is 2.64 bits per heavy atom. The highest BCUT2D eigenvalue weighted by atomic mass is 32.2. The molecule has 5 unspecified atom stereocenters. The van der Waals surface area contributed by atoms with Crippen molar-refractivity contribution in [3.8, 4) is 5.75 Å². The minimum absolute atomic E-state index is 0.0930. The number of methoxy groups -OCH3 is 1. The van der Waals surface area contributed by atoms with Crippen LogP contribution in [0, 0.1) is 23.2 Å². The van der Waals surface area contributed by atoms with Gasteiger partial charge >= 0.3 is 21.6 Å². The Bertz CT molecular complexity index is 1070. The Labute approximate surface area is 190 Å². The van der Waals surface area contributed by atoms with Gasteiger partial charge in [0.15, 0.2) is 0 Å². The highest BCUT2D eigenvalue weighted by Crippen LogP contribution is 2.62. The Morgan fingerprint density at radius 2 is 1.97 bits per heavy atom. The second kappa shape index (κ2) is 8.29. The number of carbonyl (C=O) groups excluding carboxylic acids is 2. The number of benzene rings is 1. The summed E-state index contributed by atoms with van der Waals surface area (Å²) >= 11 is 0. The zero-order valence-electron chi connectivity index (χ0n) is 18.5. The maximum absolute atomic E-state index is 13.0. The number of aryl methyl sites for hydroxylation is 1. The van der Waals surface area contributed by atoms with Gasteiger partial charge in [-0.3, -0.25) is 9.59 Å². The van der Waals surface area contributed by atoms with Crippen LogP contribution in [0.2, 0.25) is 0 Å². The number of alkyl halides is 3. The van der Waals surface area contributed by atoms with E-state index in [1.54, 1.807) is 6.07 Å². The minimum atomic E-state index is -5.72. The second-order valence-electron chi connectivity index (χ2n) is 9.64. The lowest BCUT2D eigenvalue weighted by atomic mass is 9.54. The fourth-order valence-electron chi connectivity index (χ4n) is 6.51. The third kappa shape index (κ3) is 4.15. The van der Waals surface area contributed by atoms with Crippen molar-refractivity contribution in [3.63, 3.8) is 0 Å². The number of fused-ring (bicyclic) bond motifs is 5. The number of ketones is 1. The van der Waals surface area contributed by atoms with Crippen LogP contribution in [0.5, 0.6) is 5.75 Å². The Kier molecular flexibility index (Phi) is 6.04. The van der Waals surface area contributed by atoms with E-state index in [1.807, 2.05) is 6.92 Å². The van der Waals surface area contributed by atoms with Crippen molar-refractivity contribution in [1.29, 1.82) is 0 Å². The van der Waals surface area contributed by atoms with Crippen molar-refractivity contribution in [3.05, 3.63) is 29.3 Å². The van der Waals surface area contributed by atoms with Gasteiger partial charge in [0.05, 0.1) is 7.11 Å². The average molecular weight is 489 g/mol. The average Bonchev–Trinajstić information content (AvgIpc) is 3.00. The minimum Gasteiger partial charge on any atom is -0.469 e. The molecule has 1 aromatic rings. The summed E-state index contributed by atoms with van der Waals surface area (Å²) in [5, 5.41) is 0. The topological polar surface area (TPSA) is 86.7 Å². The molecule has 0 aliphatic heterocycles. The standard InChI is InChI=1S/C23H27F3O6S/c1-22-10-9-17-16-7-5-15(32-33(29,30)23(24,25)26)11-13(16)3-6-18(17)21(22)14(12-19(22)27)4-8-20(28)31-2/h5,7,11,14,17-18,21H,3-4,6,8-10,12H2,1-2H3. The number of hydrogen-bond acceptors (Lipinski definition) is 6. The quantitative estimate of drug-likeness (QED) is 0.344. The van der Waals surface area contributed by atoms with E-state index < -0.39 is 21.0 Å². The molecule has 0 radical (unpaired) electrons. The number of esters is 1. The molecule has 1 aromatic carbocycles. The van der Waals surface area contributed by atoms with Crippen molar-refractivity contribution in [2.75, 3.05) is 7.11 Å². The first-order valence-electron chi connectivity index (χ1n) is 11.1. The van der Waals surface area contributed by atoms with Crippen molar-refractivity contribution in [1.82, 2.24) is 0 Å². The fraction of sp³-hybridized carbons (Fsp3) is 0.652. The third-order valence-corrected chi connectivity index (χ3v) is 8.96. The van der Waals surface area contributed by atoms with Gasteiger partial charge in [-0.2, -0.15) is 21.6 Å². The van der Waals surface area contributed by atoms with Crippen LogP contribution in [-0.2, 0) is 30.9 Å². The molecule has 3 aliphatic carbocycles. The van der Waals surface area contributed by atoms with E-state index in [2.05, 4.69) is 4.18 Å². The number of Topliss-reactive ketones (excluding diaryl/α,β-unsaturated/α-hetero) is 1. The lowest BCUT2D eigenvalue weighted by molar-refractivity contribution is -0.141. The van der Waals surface area contributed by atoms with Gasteiger partial charge in [-0.25, -0.2) is 0 Å². The van der Waals surface area contributed by atoms with Crippen LogP contribution in [0.4, 0.5) is 13.2 Å². The van der Waals surface area contributed by atoms with E-state index >= 15 is 0 Å². The molecule has 182 valence electrons. The molecule has 0 N–H and O–H groups in total. The maximum Gasteiger partial charge on any atom is 0.534 e. The highest BCUT2D eigenvalue weighted by molar-refractivity contribution is 7.88. The molecule has 0 heterocycles. The predicted octanol–water partition coefficient (Wildman–Crippen LogP) is 4.52. The summed E-state index contributed by atoms with van der Waals surface area (Å²) in [6.45, 7) is 2.03. The molecule has 4 rings (SSSR count). The molecular formula is C23H27F3O6S. The summed E-state index contributed by atoms with van der Waals surface area (Å²) in [4.78, 5) is 24.6. The van der Waals surface area contributed by atoms with Gasteiger partial charge in [-0.1, -0.05) is 13.0 Å². The maximum atomic E-state index is 13.0. The van der Waals surface area contributed by atoms with Crippen LogP contribution in [0.1, 0.15) is 62.5 Å². The smallest absolute Gasteiger partial charge is 0.469 e. The zero-order valence-corrected chi connectivity index (χ0v) is 19.3. The molecule has 0 spiro atoms. The van der Waals surface area contributed by atoms with E-state index in [4.69, 9.17) is 4.74 Å². The van der Waals surface area contributed by atoms with Crippen LogP contribution in [-0.4, -0.2) is 32.8 Å². The first-order chi connectivity index (χ1) is 15.4. The summed E-state index contributed by atoms with van der Waals surface area (Å²) in [6, 6.07) is 4.32. The van der Waals surface area contributed by atoms with Crippen LogP contribution in [0.25, 0.3) is 0 Å². The first-order valence-corrected chi connectivity index (χ1v) is 12.5. The van der Waals surface area contributed by atoms with Gasteiger partial charge < -0.3 is 8.92 Å². The van der Waals surface area contributed by atoms with E-state index in [0.29, 0.717) is 25.7 Å². The molecule has 3 aliphatic rings. The molecule has 0 saturated heterocycles. The highest BCUT2D eigenvalue weighted by Gasteiger charge is 2.58. The summed E-state index contributed by atoms with van der Waals surface area (Å²) in [5.74, 6) is 0.171. The number of ether oxygens (including phenoxy) is 1. The van der Waals surface area contributed by atoms with Gasteiger partial charge in [-0.15, -0.1) is 0 Å². The van der Waals surface area contributed by atoms with Gasteiger partial charge in [0.2, 0.25) is 0 Å². The zero-order chi connectivity index (χ0) is 24.2. The summed E-state index contributed by atoms with van der Waals surface area (Å²) in [5.41, 5.74) is -4.15. The third-order valence-electron chi connectivity index (χ3n) is 7.98. The molecule has 2 fully saturated rings. The lowest BCUT2D eigenvalue weighted by Gasteiger charge is -2.50. The number of rotatable bonds is 5. The molecule has 33 heavy (non-hydrogen) atoms. The normalized spacial score (nSPS) is 31.4. The molecular weight excluding hydrogens is 461 g/mol. The van der Waals surface area contributed by atoms with Gasteiger partial charge in [-0.05, 0) is 79.0 Å². The Hall–Kier alpha value is -2.10.